The number of aromatic nitrogens is 2. The normalized spacial score (nSPS) is 11.2. The van der Waals surface area contributed by atoms with Crippen LogP contribution in [0.5, 0.6) is 0 Å². The Morgan fingerprint density at radius 2 is 2.25 bits per heavy atom. The van der Waals surface area contributed by atoms with Gasteiger partial charge in [-0.05, 0) is 17.5 Å². The van der Waals surface area contributed by atoms with Gasteiger partial charge in [-0.15, -0.1) is 0 Å². The van der Waals surface area contributed by atoms with Crippen molar-refractivity contribution in [3.05, 3.63) is 30.2 Å². The number of hydrogen-bond acceptors (Lipinski definition) is 1. The van der Waals surface area contributed by atoms with Crippen molar-refractivity contribution in [1.82, 2.24) is 9.97 Å². The maximum Gasteiger partial charge on any atom is 0.0520 e. The van der Waals surface area contributed by atoms with Crippen LogP contribution in [0, 0.1) is 0 Å². The molecule has 0 aromatic carbocycles. The third-order valence-electron chi connectivity index (χ3n) is 2.12. The van der Waals surface area contributed by atoms with Crippen LogP contribution in [0.25, 0.3) is 10.9 Å². The maximum atomic E-state index is 4.19. The van der Waals surface area contributed by atoms with E-state index in [0.717, 1.165) is 0 Å². The topological polar surface area (TPSA) is 28.7 Å². The average Bonchev–Trinajstić information content (AvgIpc) is 2.49. The number of rotatable bonds is 1. The number of fused-ring (bicyclic) bond motifs is 1. The van der Waals surface area contributed by atoms with Crippen molar-refractivity contribution in [2.75, 3.05) is 0 Å². The molecule has 0 aliphatic rings. The molecule has 64 valence electrons. The van der Waals surface area contributed by atoms with E-state index in [2.05, 4.69) is 23.8 Å². The van der Waals surface area contributed by atoms with Gasteiger partial charge in [0, 0.05) is 25.4 Å². The number of H-pyrrole nitrogens is 1. The minimum Gasteiger partial charge on any atom is -0.361 e. The lowest BCUT2D eigenvalue weighted by molar-refractivity contribution is 0.866. The minimum atomic E-state index is 0. The van der Waals surface area contributed by atoms with Gasteiger partial charge in [-0.3, -0.25) is 4.98 Å². The van der Waals surface area contributed by atoms with Crippen LogP contribution in [0.15, 0.2) is 24.7 Å². The first-order valence-corrected chi connectivity index (χ1v) is 4.20. The lowest BCUT2D eigenvalue weighted by Gasteiger charge is -2.04. The van der Waals surface area contributed by atoms with E-state index in [1.807, 2.05) is 24.7 Å². The second kappa shape index (κ2) is 2.63. The fourth-order valence-electron chi connectivity index (χ4n) is 1.44. The van der Waals surface area contributed by atoms with Crippen molar-refractivity contribution in [2.45, 2.75) is 19.8 Å². The lowest BCUT2D eigenvalue weighted by Crippen LogP contribution is -1.89. The van der Waals surface area contributed by atoms with Crippen LogP contribution >= 0.6 is 0 Å². The molecule has 2 nitrogen and oxygen atoms in total. The highest BCUT2D eigenvalue weighted by Crippen LogP contribution is 2.22. The predicted octanol–water partition coefficient (Wildman–Crippen LogP) is 2.93. The number of aromatic amines is 1. The molecule has 1 N–H and O–H groups in total. The fraction of sp³-hybridized carbons (Fsp3) is 0.300. The first-order chi connectivity index (χ1) is 5.79. The van der Waals surface area contributed by atoms with Crippen LogP contribution in [0.1, 0.15) is 26.8 Å². The van der Waals surface area contributed by atoms with Gasteiger partial charge >= 0.3 is 0 Å². The van der Waals surface area contributed by atoms with Crippen molar-refractivity contribution in [3.8, 4) is 0 Å². The van der Waals surface area contributed by atoms with Crippen LogP contribution < -0.4 is 0 Å². The van der Waals surface area contributed by atoms with E-state index in [1.165, 1.54) is 16.5 Å². The molecule has 12 heavy (non-hydrogen) atoms. The SMILES string of the molecule is CC(C)c1cncc2cc[nH]c12.[HH]. The summed E-state index contributed by atoms with van der Waals surface area (Å²) in [5.74, 6) is 0.528. The van der Waals surface area contributed by atoms with Gasteiger partial charge in [0.1, 0.15) is 0 Å². The molecule has 0 saturated heterocycles. The molecule has 0 saturated carbocycles. The molecule has 2 aromatic heterocycles. The second-order valence-corrected chi connectivity index (χ2v) is 3.33. The van der Waals surface area contributed by atoms with Gasteiger partial charge in [0.15, 0.2) is 0 Å². The van der Waals surface area contributed by atoms with Crippen molar-refractivity contribution >= 4 is 10.9 Å². The van der Waals surface area contributed by atoms with Crippen LogP contribution in [-0.2, 0) is 0 Å². The molecule has 0 amide bonds. The molecular formula is C10H14N2. The van der Waals surface area contributed by atoms with Gasteiger partial charge in [0.25, 0.3) is 0 Å². The zero-order valence-electron chi connectivity index (χ0n) is 7.33. The molecule has 0 atom stereocenters. The summed E-state index contributed by atoms with van der Waals surface area (Å²) in [4.78, 5) is 7.42. The molecule has 0 spiro atoms. The molecule has 2 aromatic rings. The Balaban J connectivity index is 0.000000845. The predicted molar refractivity (Wildman–Crippen MR) is 52.3 cm³/mol. The molecule has 2 rings (SSSR count). The molecule has 0 aliphatic heterocycles. The third kappa shape index (κ3) is 0.998. The molecule has 2 heterocycles. The number of hydrogen-bond donors (Lipinski definition) is 1. The quantitative estimate of drug-likeness (QED) is 0.686. The number of nitrogens with zero attached hydrogens (tertiary/aromatic N) is 1. The molecule has 0 radical (unpaired) electrons. The summed E-state index contributed by atoms with van der Waals surface area (Å²) in [6.45, 7) is 4.36. The Hall–Kier alpha value is -1.31. The summed E-state index contributed by atoms with van der Waals surface area (Å²) < 4.78 is 0. The van der Waals surface area contributed by atoms with Crippen LogP contribution in [-0.4, -0.2) is 9.97 Å². The molecule has 0 unspecified atom stereocenters. The van der Waals surface area contributed by atoms with E-state index >= 15 is 0 Å². The molecule has 0 bridgehead atoms. The van der Waals surface area contributed by atoms with Crippen LogP contribution in [0.3, 0.4) is 0 Å². The smallest absolute Gasteiger partial charge is 0.0520 e. The monoisotopic (exact) mass is 162 g/mol. The van der Waals surface area contributed by atoms with E-state index < -0.39 is 0 Å². The average molecular weight is 162 g/mol. The Morgan fingerprint density at radius 1 is 1.42 bits per heavy atom. The summed E-state index contributed by atoms with van der Waals surface area (Å²) in [5.41, 5.74) is 2.51. The summed E-state index contributed by atoms with van der Waals surface area (Å²) in [6.07, 6.45) is 5.78. The standard InChI is InChI=1S/C10H12N2.H2/c1-7(2)9-6-11-5-8-3-4-12-10(8)9;/h3-7,12H,1-2H3;1H. The minimum absolute atomic E-state index is 0. The maximum absolute atomic E-state index is 4.19. The molecule has 0 aliphatic carbocycles. The second-order valence-electron chi connectivity index (χ2n) is 3.33. The van der Waals surface area contributed by atoms with Crippen LogP contribution in [0.4, 0.5) is 0 Å². The van der Waals surface area contributed by atoms with E-state index in [1.54, 1.807) is 0 Å². The van der Waals surface area contributed by atoms with Crippen molar-refractivity contribution in [2.24, 2.45) is 0 Å². The van der Waals surface area contributed by atoms with E-state index in [0.29, 0.717) is 5.92 Å². The zero-order chi connectivity index (χ0) is 8.55. The summed E-state index contributed by atoms with van der Waals surface area (Å²) in [7, 11) is 0. The van der Waals surface area contributed by atoms with Gasteiger partial charge < -0.3 is 4.98 Å². The number of nitrogens with one attached hydrogen (secondary N) is 1. The van der Waals surface area contributed by atoms with Gasteiger partial charge in [0.05, 0.1) is 5.52 Å². The Kier molecular flexibility index (Phi) is 1.61. The zero-order valence-corrected chi connectivity index (χ0v) is 7.33. The Bertz CT molecular complexity index is 392. The van der Waals surface area contributed by atoms with Crippen molar-refractivity contribution in [1.29, 1.82) is 0 Å². The van der Waals surface area contributed by atoms with Crippen molar-refractivity contribution in [3.63, 3.8) is 0 Å². The van der Waals surface area contributed by atoms with Gasteiger partial charge in [0.2, 0.25) is 0 Å². The summed E-state index contributed by atoms with van der Waals surface area (Å²) in [5, 5.41) is 1.20. The summed E-state index contributed by atoms with van der Waals surface area (Å²) in [6, 6.07) is 2.05. The lowest BCUT2D eigenvalue weighted by atomic mass is 10.0. The highest BCUT2D eigenvalue weighted by molar-refractivity contribution is 5.81. The highest BCUT2D eigenvalue weighted by Gasteiger charge is 2.04. The third-order valence-corrected chi connectivity index (χ3v) is 2.12. The highest BCUT2D eigenvalue weighted by atomic mass is 14.7. The van der Waals surface area contributed by atoms with Crippen molar-refractivity contribution < 1.29 is 1.43 Å². The van der Waals surface area contributed by atoms with Gasteiger partial charge in [-0.25, -0.2) is 0 Å². The van der Waals surface area contributed by atoms with Crippen LogP contribution in [0.2, 0.25) is 0 Å². The van der Waals surface area contributed by atoms with E-state index in [-0.39, 0.29) is 1.43 Å². The molecular weight excluding hydrogens is 148 g/mol. The van der Waals surface area contributed by atoms with E-state index in [4.69, 9.17) is 0 Å². The molecule has 2 heteroatoms. The molecule has 0 fully saturated rings. The van der Waals surface area contributed by atoms with Gasteiger partial charge in [-0.1, -0.05) is 13.8 Å². The number of pyridine rings is 1. The Labute approximate surface area is 73.1 Å². The largest absolute Gasteiger partial charge is 0.361 e. The first-order valence-electron chi connectivity index (χ1n) is 4.20. The van der Waals surface area contributed by atoms with Gasteiger partial charge in [-0.2, -0.15) is 0 Å². The first kappa shape index (κ1) is 7.35. The fourth-order valence-corrected chi connectivity index (χ4v) is 1.44. The van der Waals surface area contributed by atoms with E-state index in [9.17, 15) is 0 Å². The Morgan fingerprint density at radius 3 is 3.00 bits per heavy atom. The summed E-state index contributed by atoms with van der Waals surface area (Å²) >= 11 is 0.